The zero-order valence-corrected chi connectivity index (χ0v) is 8.82. The van der Waals surface area contributed by atoms with Gasteiger partial charge in [-0.05, 0) is 13.0 Å². The molecule has 1 aromatic rings. The Morgan fingerprint density at radius 3 is 3.00 bits per heavy atom. The molecule has 0 aliphatic rings. The molecule has 1 rings (SSSR count). The molecule has 0 atom stereocenters. The maximum absolute atomic E-state index is 11.2. The van der Waals surface area contributed by atoms with Gasteiger partial charge in [0.15, 0.2) is 5.82 Å². The van der Waals surface area contributed by atoms with Crippen LogP contribution in [-0.4, -0.2) is 29.1 Å². The number of amides is 1. The van der Waals surface area contributed by atoms with Crippen molar-refractivity contribution in [3.05, 3.63) is 11.7 Å². The van der Waals surface area contributed by atoms with E-state index in [9.17, 15) is 4.79 Å². The van der Waals surface area contributed by atoms with E-state index in [0.29, 0.717) is 44.1 Å². The summed E-state index contributed by atoms with van der Waals surface area (Å²) in [5.74, 6) is 1.17. The predicted molar refractivity (Wildman–Crippen MR) is 54.0 cm³/mol. The van der Waals surface area contributed by atoms with Crippen LogP contribution >= 0.6 is 0 Å². The summed E-state index contributed by atoms with van der Waals surface area (Å²) < 4.78 is 4.80. The van der Waals surface area contributed by atoms with Crippen molar-refractivity contribution in [1.29, 1.82) is 0 Å². The van der Waals surface area contributed by atoms with Crippen LogP contribution in [0.25, 0.3) is 0 Å². The van der Waals surface area contributed by atoms with E-state index >= 15 is 0 Å². The van der Waals surface area contributed by atoms with E-state index in [1.54, 1.807) is 6.92 Å². The van der Waals surface area contributed by atoms with Gasteiger partial charge in [0.25, 0.3) is 0 Å². The molecule has 1 amide bonds. The van der Waals surface area contributed by atoms with E-state index in [-0.39, 0.29) is 5.91 Å². The summed E-state index contributed by atoms with van der Waals surface area (Å²) >= 11 is 0. The largest absolute Gasteiger partial charge is 0.356 e. The third kappa shape index (κ3) is 4.55. The number of rotatable bonds is 6. The van der Waals surface area contributed by atoms with Crippen molar-refractivity contribution in [2.45, 2.75) is 26.2 Å². The van der Waals surface area contributed by atoms with Crippen molar-refractivity contribution in [3.8, 4) is 0 Å². The number of carbonyl (C=O) groups is 1. The first-order chi connectivity index (χ1) is 7.22. The molecule has 84 valence electrons. The molecule has 0 radical (unpaired) electrons. The monoisotopic (exact) mass is 212 g/mol. The molecule has 1 aromatic heterocycles. The lowest BCUT2D eigenvalue weighted by atomic mass is 10.3. The first-order valence-electron chi connectivity index (χ1n) is 4.98. The second-order valence-corrected chi connectivity index (χ2v) is 3.22. The number of aryl methyl sites for hydroxylation is 1. The summed E-state index contributed by atoms with van der Waals surface area (Å²) in [6, 6.07) is 0. The fraction of sp³-hybridized carbons (Fsp3) is 0.667. The molecule has 0 aliphatic carbocycles. The maximum atomic E-state index is 11.2. The highest BCUT2D eigenvalue weighted by Gasteiger charge is 2.03. The van der Waals surface area contributed by atoms with Crippen LogP contribution in [0.3, 0.4) is 0 Å². The Labute approximate surface area is 88.2 Å². The molecule has 6 heteroatoms. The predicted octanol–water partition coefficient (Wildman–Crippen LogP) is -0.224. The summed E-state index contributed by atoms with van der Waals surface area (Å²) in [4.78, 5) is 15.2. The van der Waals surface area contributed by atoms with E-state index in [2.05, 4.69) is 15.5 Å². The summed E-state index contributed by atoms with van der Waals surface area (Å²) in [6.07, 6.45) is 1.78. The number of nitrogens with one attached hydrogen (secondary N) is 1. The van der Waals surface area contributed by atoms with Crippen LogP contribution in [-0.2, 0) is 11.2 Å². The molecule has 3 N–H and O–H groups in total. The Hall–Kier alpha value is -1.43. The maximum Gasteiger partial charge on any atom is 0.223 e. The zero-order valence-electron chi connectivity index (χ0n) is 8.82. The molecule has 0 fully saturated rings. The second-order valence-electron chi connectivity index (χ2n) is 3.22. The molecule has 6 nitrogen and oxygen atoms in total. The van der Waals surface area contributed by atoms with Crippen LogP contribution < -0.4 is 11.1 Å². The average Bonchev–Trinajstić information content (AvgIpc) is 2.61. The quantitative estimate of drug-likeness (QED) is 0.679. The molecule has 0 spiro atoms. The SMILES string of the molecule is Cc1nc(CCNC(=O)CCCN)no1. The molecule has 0 saturated heterocycles. The Bertz CT molecular complexity index is 311. The number of hydrogen-bond acceptors (Lipinski definition) is 5. The smallest absolute Gasteiger partial charge is 0.223 e. The van der Waals surface area contributed by atoms with Gasteiger partial charge in [-0.15, -0.1) is 0 Å². The van der Waals surface area contributed by atoms with Crippen LogP contribution in [0.15, 0.2) is 4.52 Å². The van der Waals surface area contributed by atoms with Crippen LogP contribution in [0.5, 0.6) is 0 Å². The van der Waals surface area contributed by atoms with Gasteiger partial charge in [-0.25, -0.2) is 0 Å². The van der Waals surface area contributed by atoms with E-state index in [1.807, 2.05) is 0 Å². The third-order valence-corrected chi connectivity index (χ3v) is 1.85. The molecule has 0 unspecified atom stereocenters. The first kappa shape index (κ1) is 11.6. The molecule has 0 aromatic carbocycles. The number of nitrogens with zero attached hydrogens (tertiary/aromatic N) is 2. The van der Waals surface area contributed by atoms with Crippen molar-refractivity contribution in [1.82, 2.24) is 15.5 Å². The Balaban J connectivity index is 2.13. The molecule has 15 heavy (non-hydrogen) atoms. The Kier molecular flexibility index (Phi) is 4.76. The van der Waals surface area contributed by atoms with Crippen LogP contribution in [0.4, 0.5) is 0 Å². The highest BCUT2D eigenvalue weighted by Crippen LogP contribution is 1.95. The number of carbonyl (C=O) groups excluding carboxylic acids is 1. The normalized spacial score (nSPS) is 10.3. The molecular formula is C9H16N4O2. The van der Waals surface area contributed by atoms with Gasteiger partial charge in [-0.2, -0.15) is 4.98 Å². The summed E-state index contributed by atoms with van der Waals surface area (Å²) in [6.45, 7) is 2.80. The van der Waals surface area contributed by atoms with Crippen LogP contribution in [0.1, 0.15) is 24.6 Å². The van der Waals surface area contributed by atoms with Crippen molar-refractivity contribution in [3.63, 3.8) is 0 Å². The van der Waals surface area contributed by atoms with Crippen LogP contribution in [0.2, 0.25) is 0 Å². The summed E-state index contributed by atoms with van der Waals surface area (Å²) in [7, 11) is 0. The molecular weight excluding hydrogens is 196 g/mol. The molecule has 0 saturated carbocycles. The highest BCUT2D eigenvalue weighted by atomic mass is 16.5. The third-order valence-electron chi connectivity index (χ3n) is 1.85. The molecule has 0 bridgehead atoms. The van der Waals surface area contributed by atoms with Crippen molar-refractivity contribution >= 4 is 5.91 Å². The van der Waals surface area contributed by atoms with Gasteiger partial charge in [0, 0.05) is 26.3 Å². The summed E-state index contributed by atoms with van der Waals surface area (Å²) in [5.41, 5.74) is 5.29. The van der Waals surface area contributed by atoms with Crippen molar-refractivity contribution in [2.24, 2.45) is 5.73 Å². The standard InChI is InChI=1S/C9H16N4O2/c1-7-12-8(13-15-7)4-6-11-9(14)3-2-5-10/h2-6,10H2,1H3,(H,11,14). The van der Waals surface area contributed by atoms with Gasteiger partial charge >= 0.3 is 0 Å². The van der Waals surface area contributed by atoms with Crippen LogP contribution in [0, 0.1) is 6.92 Å². The minimum Gasteiger partial charge on any atom is -0.356 e. The van der Waals surface area contributed by atoms with Gasteiger partial charge in [0.2, 0.25) is 11.8 Å². The number of nitrogens with two attached hydrogens (primary N) is 1. The van der Waals surface area contributed by atoms with Gasteiger partial charge in [-0.1, -0.05) is 5.16 Å². The van der Waals surface area contributed by atoms with Gasteiger partial charge in [0.05, 0.1) is 0 Å². The minimum atomic E-state index is 0.0145. The Morgan fingerprint density at radius 1 is 1.60 bits per heavy atom. The lowest BCUT2D eigenvalue weighted by molar-refractivity contribution is -0.121. The second kappa shape index (κ2) is 6.13. The average molecular weight is 212 g/mol. The molecule has 1 heterocycles. The fourth-order valence-electron chi connectivity index (χ4n) is 1.11. The van der Waals surface area contributed by atoms with E-state index in [4.69, 9.17) is 10.3 Å². The van der Waals surface area contributed by atoms with E-state index in [0.717, 1.165) is 0 Å². The lowest BCUT2D eigenvalue weighted by Gasteiger charge is -2.01. The van der Waals surface area contributed by atoms with E-state index < -0.39 is 0 Å². The van der Waals surface area contributed by atoms with Crippen molar-refractivity contribution in [2.75, 3.05) is 13.1 Å². The number of aromatic nitrogens is 2. The zero-order chi connectivity index (χ0) is 11.1. The highest BCUT2D eigenvalue weighted by molar-refractivity contribution is 5.75. The van der Waals surface area contributed by atoms with Crippen molar-refractivity contribution < 1.29 is 9.32 Å². The Morgan fingerprint density at radius 2 is 2.40 bits per heavy atom. The lowest BCUT2D eigenvalue weighted by Crippen LogP contribution is -2.26. The first-order valence-corrected chi connectivity index (χ1v) is 4.98. The van der Waals surface area contributed by atoms with Gasteiger partial charge in [0.1, 0.15) is 0 Å². The van der Waals surface area contributed by atoms with E-state index in [1.165, 1.54) is 0 Å². The summed E-state index contributed by atoms with van der Waals surface area (Å²) in [5, 5.41) is 6.48. The minimum absolute atomic E-state index is 0.0145. The van der Waals surface area contributed by atoms with Gasteiger partial charge < -0.3 is 15.6 Å². The molecule has 0 aliphatic heterocycles. The number of hydrogen-bond donors (Lipinski definition) is 2. The topological polar surface area (TPSA) is 94.0 Å². The fourth-order valence-corrected chi connectivity index (χ4v) is 1.11. The van der Waals surface area contributed by atoms with Gasteiger partial charge in [-0.3, -0.25) is 4.79 Å².